The summed E-state index contributed by atoms with van der Waals surface area (Å²) < 4.78 is 20.7. The highest BCUT2D eigenvalue weighted by Gasteiger charge is 2.17. The average Bonchev–Trinajstić information content (AvgIpc) is 2.69. The molecule has 0 amide bonds. The number of hydrogen-bond donors (Lipinski definition) is 1. The van der Waals surface area contributed by atoms with Crippen LogP contribution in [0.25, 0.3) is 11.1 Å². The maximum absolute atomic E-state index is 15.4. The molecule has 0 aliphatic heterocycles. The van der Waals surface area contributed by atoms with Gasteiger partial charge in [-0.3, -0.25) is 4.79 Å². The maximum atomic E-state index is 15.4. The molecule has 0 fully saturated rings. The molecule has 0 saturated heterocycles. The monoisotopic (exact) mass is 379 g/mol. The number of carboxylic acids is 1. The van der Waals surface area contributed by atoms with Crippen molar-refractivity contribution in [2.75, 3.05) is 7.11 Å². The fourth-order valence-electron chi connectivity index (χ4n) is 2.95. The van der Waals surface area contributed by atoms with E-state index in [2.05, 4.69) is 4.98 Å². The van der Waals surface area contributed by atoms with Gasteiger partial charge in [-0.05, 0) is 41.8 Å². The number of carboxylic acid groups (broad SMARTS) is 1. The lowest BCUT2D eigenvalue weighted by molar-refractivity contribution is 0.0690. The quantitative estimate of drug-likeness (QED) is 0.643. The Labute approximate surface area is 161 Å². The lowest BCUT2D eigenvalue weighted by atomic mass is 9.96. The van der Waals surface area contributed by atoms with Crippen molar-refractivity contribution < 1.29 is 23.8 Å². The first kappa shape index (κ1) is 19.2. The number of ketones is 1. The largest absolute Gasteiger partial charge is 0.496 e. The molecule has 0 aliphatic carbocycles. The van der Waals surface area contributed by atoms with Crippen LogP contribution in [0, 0.1) is 5.82 Å². The highest BCUT2D eigenvalue weighted by atomic mass is 19.1. The van der Waals surface area contributed by atoms with Crippen LogP contribution in [0.4, 0.5) is 4.39 Å². The van der Waals surface area contributed by atoms with E-state index in [1.54, 1.807) is 42.5 Å². The number of methoxy groups -OCH3 is 1. The van der Waals surface area contributed by atoms with Gasteiger partial charge in [-0.2, -0.15) is 0 Å². The zero-order valence-electron chi connectivity index (χ0n) is 15.4. The van der Waals surface area contributed by atoms with E-state index in [1.807, 2.05) is 0 Å². The fraction of sp³-hybridized carbons (Fsp3) is 0.136. The van der Waals surface area contributed by atoms with Gasteiger partial charge >= 0.3 is 5.97 Å². The van der Waals surface area contributed by atoms with Crippen LogP contribution in [0.15, 0.2) is 54.7 Å². The second kappa shape index (κ2) is 8.00. The third-order valence-corrected chi connectivity index (χ3v) is 4.40. The number of halogens is 1. The third-order valence-electron chi connectivity index (χ3n) is 4.40. The van der Waals surface area contributed by atoms with Gasteiger partial charge in [0, 0.05) is 18.2 Å². The minimum atomic E-state index is -1.12. The number of aromatic nitrogens is 1. The lowest BCUT2D eigenvalue weighted by Crippen LogP contribution is -2.02. The highest BCUT2D eigenvalue weighted by Crippen LogP contribution is 2.35. The van der Waals surface area contributed by atoms with Crippen LogP contribution in [0.1, 0.15) is 38.9 Å². The predicted octanol–water partition coefficient (Wildman–Crippen LogP) is 4.39. The molecule has 1 N–H and O–H groups in total. The Morgan fingerprint density at radius 2 is 1.93 bits per heavy atom. The molecule has 3 rings (SSSR count). The molecule has 3 aromatic rings. The molecule has 1 heterocycles. The van der Waals surface area contributed by atoms with Crippen molar-refractivity contribution in [1.82, 2.24) is 4.98 Å². The van der Waals surface area contributed by atoms with E-state index in [9.17, 15) is 9.59 Å². The van der Waals surface area contributed by atoms with E-state index in [1.165, 1.54) is 26.3 Å². The molecule has 142 valence electrons. The number of hydrogen-bond acceptors (Lipinski definition) is 4. The molecule has 0 atom stereocenters. The molecule has 28 heavy (non-hydrogen) atoms. The van der Waals surface area contributed by atoms with Crippen molar-refractivity contribution in [2.24, 2.45) is 0 Å². The van der Waals surface area contributed by atoms with Crippen molar-refractivity contribution in [3.05, 3.63) is 82.9 Å². The van der Waals surface area contributed by atoms with Crippen LogP contribution in [0.3, 0.4) is 0 Å². The Bertz CT molecular complexity index is 1040. The van der Waals surface area contributed by atoms with Crippen LogP contribution in [-0.2, 0) is 6.42 Å². The van der Waals surface area contributed by atoms with Crippen LogP contribution < -0.4 is 4.74 Å². The Kier molecular flexibility index (Phi) is 5.49. The number of aromatic carboxylic acids is 1. The molecule has 2 aromatic carbocycles. The SMILES string of the molecule is COc1ccc(Cc2ccc(C(=O)O)nc2)c(F)c1-c1cccc(C(C)=O)c1. The summed E-state index contributed by atoms with van der Waals surface area (Å²) in [6.07, 6.45) is 1.66. The van der Waals surface area contributed by atoms with Gasteiger partial charge in [0.1, 0.15) is 17.3 Å². The van der Waals surface area contributed by atoms with E-state index >= 15 is 4.39 Å². The molecule has 0 bridgehead atoms. The number of carbonyl (C=O) groups is 2. The summed E-state index contributed by atoms with van der Waals surface area (Å²) in [6, 6.07) is 13.0. The Hall–Kier alpha value is -3.54. The molecular formula is C22H18FNO4. The molecule has 0 unspecified atom stereocenters. The second-order valence-corrected chi connectivity index (χ2v) is 6.29. The minimum absolute atomic E-state index is 0.0688. The number of rotatable bonds is 6. The van der Waals surface area contributed by atoms with Crippen molar-refractivity contribution in [3.63, 3.8) is 0 Å². The number of Topliss-reactive ketones (excluding diaryl/α,β-unsaturated/α-hetero) is 1. The summed E-state index contributed by atoms with van der Waals surface area (Å²) in [5, 5.41) is 8.93. The van der Waals surface area contributed by atoms with Crippen molar-refractivity contribution in [3.8, 4) is 16.9 Å². The standard InChI is InChI=1S/C22H18FNO4/c1-13(25)15-4-3-5-16(11-15)20-19(28-2)9-7-17(21(20)23)10-14-6-8-18(22(26)27)24-12-14/h3-9,11-12H,10H2,1-2H3,(H,26,27). The van der Waals surface area contributed by atoms with E-state index in [4.69, 9.17) is 9.84 Å². The summed E-state index contributed by atoms with van der Waals surface area (Å²) in [5.41, 5.74) is 2.33. The van der Waals surface area contributed by atoms with Gasteiger partial charge in [-0.25, -0.2) is 14.2 Å². The normalized spacial score (nSPS) is 10.5. The molecule has 6 heteroatoms. The molecule has 1 aromatic heterocycles. The molecule has 0 saturated carbocycles. The maximum Gasteiger partial charge on any atom is 0.354 e. The van der Waals surface area contributed by atoms with Crippen LogP contribution >= 0.6 is 0 Å². The zero-order valence-corrected chi connectivity index (χ0v) is 15.4. The van der Waals surface area contributed by atoms with E-state index in [0.29, 0.717) is 28.0 Å². The Balaban J connectivity index is 2.03. The van der Waals surface area contributed by atoms with Gasteiger partial charge in [0.2, 0.25) is 0 Å². The minimum Gasteiger partial charge on any atom is -0.496 e. The second-order valence-electron chi connectivity index (χ2n) is 6.29. The van der Waals surface area contributed by atoms with E-state index in [0.717, 1.165) is 0 Å². The topological polar surface area (TPSA) is 76.5 Å². The third kappa shape index (κ3) is 3.91. The fourth-order valence-corrected chi connectivity index (χ4v) is 2.95. The smallest absolute Gasteiger partial charge is 0.354 e. The Morgan fingerprint density at radius 3 is 2.54 bits per heavy atom. The van der Waals surface area contributed by atoms with Gasteiger partial charge in [-0.1, -0.05) is 30.3 Å². The molecule has 0 spiro atoms. The first-order valence-electron chi connectivity index (χ1n) is 8.55. The van der Waals surface area contributed by atoms with E-state index < -0.39 is 11.8 Å². The van der Waals surface area contributed by atoms with Crippen molar-refractivity contribution >= 4 is 11.8 Å². The summed E-state index contributed by atoms with van der Waals surface area (Å²) in [5.74, 6) is -1.32. The lowest BCUT2D eigenvalue weighted by Gasteiger charge is -2.14. The predicted molar refractivity (Wildman–Crippen MR) is 102 cm³/mol. The van der Waals surface area contributed by atoms with Crippen molar-refractivity contribution in [2.45, 2.75) is 13.3 Å². The zero-order chi connectivity index (χ0) is 20.3. The van der Waals surface area contributed by atoms with Gasteiger partial charge in [0.05, 0.1) is 12.7 Å². The van der Waals surface area contributed by atoms with Crippen LogP contribution in [0.2, 0.25) is 0 Å². The highest BCUT2D eigenvalue weighted by molar-refractivity contribution is 5.95. The number of benzene rings is 2. The molecular weight excluding hydrogens is 361 g/mol. The summed E-state index contributed by atoms with van der Waals surface area (Å²) in [7, 11) is 1.46. The number of nitrogens with zero attached hydrogens (tertiary/aromatic N) is 1. The number of carbonyl (C=O) groups excluding carboxylic acids is 1. The summed E-state index contributed by atoms with van der Waals surface area (Å²) in [6.45, 7) is 1.46. The summed E-state index contributed by atoms with van der Waals surface area (Å²) >= 11 is 0. The first-order chi connectivity index (χ1) is 13.4. The number of pyridine rings is 1. The first-order valence-corrected chi connectivity index (χ1v) is 8.55. The molecule has 0 aliphatic rings. The van der Waals surface area contributed by atoms with Gasteiger partial charge in [0.15, 0.2) is 5.78 Å². The Morgan fingerprint density at radius 1 is 1.14 bits per heavy atom. The van der Waals surface area contributed by atoms with Gasteiger partial charge in [-0.15, -0.1) is 0 Å². The number of ether oxygens (including phenoxy) is 1. The average molecular weight is 379 g/mol. The van der Waals surface area contributed by atoms with Gasteiger partial charge in [0.25, 0.3) is 0 Å². The van der Waals surface area contributed by atoms with Gasteiger partial charge < -0.3 is 9.84 Å². The van der Waals surface area contributed by atoms with Crippen molar-refractivity contribution in [1.29, 1.82) is 0 Å². The van der Waals surface area contributed by atoms with Crippen LogP contribution in [-0.4, -0.2) is 29.0 Å². The molecule has 0 radical (unpaired) electrons. The van der Waals surface area contributed by atoms with Crippen LogP contribution in [0.5, 0.6) is 5.75 Å². The molecule has 5 nitrogen and oxygen atoms in total. The van der Waals surface area contributed by atoms with E-state index in [-0.39, 0.29) is 23.5 Å². The summed E-state index contributed by atoms with van der Waals surface area (Å²) in [4.78, 5) is 26.5.